The lowest BCUT2D eigenvalue weighted by atomic mass is 10.1. The van der Waals surface area contributed by atoms with Gasteiger partial charge in [0.25, 0.3) is 0 Å². The van der Waals surface area contributed by atoms with E-state index in [0.717, 1.165) is 24.5 Å². The molecule has 1 aliphatic rings. The highest BCUT2D eigenvalue weighted by Crippen LogP contribution is 2.22. The minimum Gasteiger partial charge on any atom is -0.300 e. The molecule has 0 radical (unpaired) electrons. The molecule has 2 aromatic rings. The Morgan fingerprint density at radius 1 is 1.30 bits per heavy atom. The van der Waals surface area contributed by atoms with E-state index in [0.29, 0.717) is 23.8 Å². The van der Waals surface area contributed by atoms with Gasteiger partial charge in [-0.25, -0.2) is 13.1 Å². The topological polar surface area (TPSA) is 60.1 Å². The molecule has 148 valence electrons. The Labute approximate surface area is 166 Å². The lowest BCUT2D eigenvalue weighted by molar-refractivity contribution is 0.137. The summed E-state index contributed by atoms with van der Waals surface area (Å²) in [6.45, 7) is 8.44. The van der Waals surface area contributed by atoms with Crippen molar-refractivity contribution in [3.05, 3.63) is 35.1 Å². The summed E-state index contributed by atoms with van der Waals surface area (Å²) in [5.74, 6) is 1.79. The van der Waals surface area contributed by atoms with Gasteiger partial charge in [-0.2, -0.15) is 5.10 Å². The zero-order valence-corrected chi connectivity index (χ0v) is 17.8. The number of nitrogens with zero attached hydrogens (tertiary/aromatic N) is 4. The van der Waals surface area contributed by atoms with Crippen LogP contribution in [0.5, 0.6) is 0 Å². The number of hydrogen-bond acceptors (Lipinski definition) is 5. The standard InChI is InChI=1S/C19H28N4O2S2/c1-4-22-18(16-8-6-5-7-9-16)20-23(19(22)26)14-21(12-15(2)3)17-10-11-27(24,25)13-17/h5-9,15,17H,4,10-14H2,1-3H3. The molecule has 1 aliphatic heterocycles. The van der Waals surface area contributed by atoms with E-state index in [9.17, 15) is 8.42 Å². The van der Waals surface area contributed by atoms with Gasteiger partial charge in [0.05, 0.1) is 18.2 Å². The maximum atomic E-state index is 12.0. The van der Waals surface area contributed by atoms with E-state index in [1.807, 2.05) is 39.6 Å². The van der Waals surface area contributed by atoms with Crippen LogP contribution in [0.1, 0.15) is 27.2 Å². The van der Waals surface area contributed by atoms with E-state index in [1.165, 1.54) is 0 Å². The first kappa shape index (κ1) is 20.2. The van der Waals surface area contributed by atoms with Crippen molar-refractivity contribution in [2.24, 2.45) is 5.92 Å². The average molecular weight is 409 g/mol. The van der Waals surface area contributed by atoms with Crippen LogP contribution in [-0.4, -0.2) is 51.8 Å². The van der Waals surface area contributed by atoms with Gasteiger partial charge < -0.3 is 4.57 Å². The summed E-state index contributed by atoms with van der Waals surface area (Å²) in [5, 5.41) is 4.79. The van der Waals surface area contributed by atoms with Gasteiger partial charge in [0.2, 0.25) is 0 Å². The van der Waals surface area contributed by atoms with Crippen molar-refractivity contribution in [1.29, 1.82) is 0 Å². The molecule has 1 fully saturated rings. The average Bonchev–Trinajstić information content (AvgIpc) is 3.14. The summed E-state index contributed by atoms with van der Waals surface area (Å²) in [4.78, 5) is 2.23. The van der Waals surface area contributed by atoms with Crippen LogP contribution < -0.4 is 0 Å². The highest BCUT2D eigenvalue weighted by Gasteiger charge is 2.33. The molecule has 27 heavy (non-hydrogen) atoms. The first-order valence-electron chi connectivity index (χ1n) is 9.48. The second-order valence-corrected chi connectivity index (χ2v) is 10.2. The van der Waals surface area contributed by atoms with Crippen molar-refractivity contribution in [2.75, 3.05) is 18.1 Å². The van der Waals surface area contributed by atoms with Crippen molar-refractivity contribution in [2.45, 2.75) is 46.4 Å². The van der Waals surface area contributed by atoms with Crippen LogP contribution in [-0.2, 0) is 23.1 Å². The number of sulfone groups is 1. The Balaban J connectivity index is 1.92. The van der Waals surface area contributed by atoms with Crippen LogP contribution in [0.2, 0.25) is 0 Å². The molecule has 2 heterocycles. The summed E-state index contributed by atoms with van der Waals surface area (Å²) in [5.41, 5.74) is 1.03. The molecule has 0 bridgehead atoms. The first-order valence-corrected chi connectivity index (χ1v) is 11.7. The monoisotopic (exact) mass is 408 g/mol. The fourth-order valence-corrected chi connectivity index (χ4v) is 5.72. The van der Waals surface area contributed by atoms with Crippen LogP contribution in [0.4, 0.5) is 0 Å². The second-order valence-electron chi connectivity index (χ2n) is 7.58. The molecule has 0 spiro atoms. The molecule has 3 rings (SSSR count). The molecule has 1 aromatic carbocycles. The number of hydrogen-bond donors (Lipinski definition) is 0. The van der Waals surface area contributed by atoms with Crippen molar-refractivity contribution in [3.63, 3.8) is 0 Å². The number of benzene rings is 1. The predicted molar refractivity (Wildman–Crippen MR) is 111 cm³/mol. The van der Waals surface area contributed by atoms with E-state index in [1.54, 1.807) is 0 Å². The van der Waals surface area contributed by atoms with Crippen LogP contribution in [0.3, 0.4) is 0 Å². The molecule has 0 amide bonds. The fraction of sp³-hybridized carbons (Fsp3) is 0.579. The van der Waals surface area contributed by atoms with Gasteiger partial charge in [-0.1, -0.05) is 44.2 Å². The normalized spacial score (nSPS) is 19.2. The Morgan fingerprint density at radius 3 is 2.56 bits per heavy atom. The van der Waals surface area contributed by atoms with Crippen LogP contribution in [0.25, 0.3) is 11.4 Å². The van der Waals surface area contributed by atoms with E-state index in [2.05, 4.69) is 25.7 Å². The van der Waals surface area contributed by atoms with Gasteiger partial charge in [0.15, 0.2) is 20.4 Å². The minimum atomic E-state index is -2.93. The molecule has 0 saturated carbocycles. The van der Waals surface area contributed by atoms with E-state index < -0.39 is 9.84 Å². The summed E-state index contributed by atoms with van der Waals surface area (Å²) < 4.78 is 28.5. The van der Waals surface area contributed by atoms with Gasteiger partial charge in [-0.3, -0.25) is 4.90 Å². The largest absolute Gasteiger partial charge is 0.300 e. The zero-order valence-electron chi connectivity index (χ0n) is 16.2. The number of aromatic nitrogens is 3. The molecule has 0 N–H and O–H groups in total. The highest BCUT2D eigenvalue weighted by molar-refractivity contribution is 7.91. The van der Waals surface area contributed by atoms with Gasteiger partial charge in [-0.05, 0) is 31.5 Å². The summed E-state index contributed by atoms with van der Waals surface area (Å²) in [6.07, 6.45) is 0.683. The van der Waals surface area contributed by atoms with Gasteiger partial charge >= 0.3 is 0 Å². The van der Waals surface area contributed by atoms with Gasteiger partial charge in [-0.15, -0.1) is 0 Å². The summed E-state index contributed by atoms with van der Waals surface area (Å²) >= 11 is 5.68. The van der Waals surface area contributed by atoms with Crippen molar-refractivity contribution >= 4 is 22.1 Å². The molecule has 1 unspecified atom stereocenters. The maximum absolute atomic E-state index is 12.0. The summed E-state index contributed by atoms with van der Waals surface area (Å²) in [6, 6.07) is 10.1. The van der Waals surface area contributed by atoms with Crippen molar-refractivity contribution < 1.29 is 8.42 Å². The molecule has 1 aromatic heterocycles. The molecule has 6 nitrogen and oxygen atoms in total. The van der Waals surface area contributed by atoms with Crippen molar-refractivity contribution in [3.8, 4) is 11.4 Å². The maximum Gasteiger partial charge on any atom is 0.199 e. The molecule has 1 atom stereocenters. The van der Waals surface area contributed by atoms with E-state index >= 15 is 0 Å². The third-order valence-electron chi connectivity index (χ3n) is 4.91. The zero-order chi connectivity index (χ0) is 19.6. The molecule has 1 saturated heterocycles. The van der Waals surface area contributed by atoms with E-state index in [-0.39, 0.29) is 17.5 Å². The van der Waals surface area contributed by atoms with Gasteiger partial charge in [0.1, 0.15) is 0 Å². The number of rotatable bonds is 7. The summed E-state index contributed by atoms with van der Waals surface area (Å²) in [7, 11) is -2.93. The highest BCUT2D eigenvalue weighted by atomic mass is 32.2. The Kier molecular flexibility index (Phi) is 6.18. The Morgan fingerprint density at radius 2 is 2.00 bits per heavy atom. The van der Waals surface area contributed by atoms with E-state index in [4.69, 9.17) is 17.3 Å². The van der Waals surface area contributed by atoms with Crippen molar-refractivity contribution in [1.82, 2.24) is 19.2 Å². The molecular weight excluding hydrogens is 380 g/mol. The Bertz CT molecular complexity index is 932. The SMILES string of the molecule is CCn1c(-c2ccccc2)nn(CN(CC(C)C)C2CCS(=O)(=O)C2)c1=S. The first-order chi connectivity index (χ1) is 12.8. The minimum absolute atomic E-state index is 0.0336. The molecular formula is C19H28N4O2S2. The smallest absolute Gasteiger partial charge is 0.199 e. The molecule has 8 heteroatoms. The third-order valence-corrected chi connectivity index (χ3v) is 7.09. The third kappa shape index (κ3) is 4.67. The fourth-order valence-electron chi connectivity index (χ4n) is 3.65. The lowest BCUT2D eigenvalue weighted by Crippen LogP contribution is -2.40. The van der Waals surface area contributed by atoms with Crippen LogP contribution in [0.15, 0.2) is 30.3 Å². The Hall–Kier alpha value is -1.51. The molecule has 0 aliphatic carbocycles. The quantitative estimate of drug-likeness (QED) is 0.659. The lowest BCUT2D eigenvalue weighted by Gasteiger charge is -2.29. The second kappa shape index (κ2) is 8.24. The predicted octanol–water partition coefficient (Wildman–Crippen LogP) is 3.20. The van der Waals surface area contributed by atoms with Gasteiger partial charge in [0, 0.05) is 24.7 Å². The van der Waals surface area contributed by atoms with Crippen LogP contribution >= 0.6 is 12.2 Å². The van der Waals surface area contributed by atoms with Crippen LogP contribution in [0, 0.1) is 10.7 Å².